The molecule has 0 bridgehead atoms. The van der Waals surface area contributed by atoms with E-state index in [0.717, 1.165) is 36.3 Å². The quantitative estimate of drug-likeness (QED) is 0.283. The Kier molecular flexibility index (Phi) is 8.08. The van der Waals surface area contributed by atoms with Crippen LogP contribution in [-0.4, -0.2) is 49.0 Å². The van der Waals surface area contributed by atoms with E-state index < -0.39 is 0 Å². The number of aromatic nitrogens is 1. The van der Waals surface area contributed by atoms with E-state index in [1.54, 1.807) is 0 Å². The molecule has 3 rings (SSSR count). The fourth-order valence-electron chi connectivity index (χ4n) is 2.73. The predicted octanol–water partition coefficient (Wildman–Crippen LogP) is 2.85. The van der Waals surface area contributed by atoms with Crippen LogP contribution in [0.15, 0.2) is 41.5 Å². The van der Waals surface area contributed by atoms with Gasteiger partial charge in [0.2, 0.25) is 6.79 Å². The first-order valence-electron chi connectivity index (χ1n) is 8.79. The Balaban J connectivity index is 0.00000261. The lowest BCUT2D eigenvalue weighted by Gasteiger charge is -2.22. The molecule has 148 valence electrons. The molecular weight excluding hydrogens is 459 g/mol. The highest BCUT2D eigenvalue weighted by molar-refractivity contribution is 14.0. The molecular formula is C19H27IN4O3. The molecule has 27 heavy (non-hydrogen) atoms. The molecule has 0 unspecified atom stereocenters. The van der Waals surface area contributed by atoms with Gasteiger partial charge in [-0.1, -0.05) is 0 Å². The summed E-state index contributed by atoms with van der Waals surface area (Å²) in [5.74, 6) is 3.10. The average molecular weight is 486 g/mol. The maximum absolute atomic E-state index is 5.77. The molecule has 8 heteroatoms. The highest BCUT2D eigenvalue weighted by Crippen LogP contribution is 2.34. The van der Waals surface area contributed by atoms with Crippen LogP contribution in [0.2, 0.25) is 0 Å². The zero-order valence-corrected chi connectivity index (χ0v) is 18.3. The summed E-state index contributed by atoms with van der Waals surface area (Å²) in [7, 11) is 4.08. The highest BCUT2D eigenvalue weighted by atomic mass is 127. The largest absolute Gasteiger partial charge is 0.492 e. The first-order valence-corrected chi connectivity index (χ1v) is 8.79. The van der Waals surface area contributed by atoms with Gasteiger partial charge >= 0.3 is 0 Å². The molecule has 2 aromatic rings. The van der Waals surface area contributed by atoms with Crippen LogP contribution in [0.4, 0.5) is 0 Å². The number of fused-ring (bicyclic) bond motifs is 1. The van der Waals surface area contributed by atoms with Crippen molar-refractivity contribution in [2.75, 3.05) is 33.5 Å². The van der Waals surface area contributed by atoms with E-state index in [9.17, 15) is 0 Å². The van der Waals surface area contributed by atoms with Crippen LogP contribution in [0.3, 0.4) is 0 Å². The predicted molar refractivity (Wildman–Crippen MR) is 116 cm³/mol. The van der Waals surface area contributed by atoms with Gasteiger partial charge in [-0.05, 0) is 31.2 Å². The van der Waals surface area contributed by atoms with Gasteiger partial charge in [0.1, 0.15) is 12.4 Å². The molecule has 1 aromatic heterocycles. The van der Waals surface area contributed by atoms with Gasteiger partial charge in [0.25, 0.3) is 0 Å². The van der Waals surface area contributed by atoms with Crippen molar-refractivity contribution in [2.45, 2.75) is 13.5 Å². The fourth-order valence-corrected chi connectivity index (χ4v) is 2.73. The molecule has 1 aliphatic rings. The van der Waals surface area contributed by atoms with Crippen LogP contribution >= 0.6 is 24.0 Å². The third-order valence-corrected chi connectivity index (χ3v) is 4.11. The van der Waals surface area contributed by atoms with Gasteiger partial charge in [-0.15, -0.1) is 24.0 Å². The molecule has 1 aliphatic heterocycles. The minimum atomic E-state index is 0. The first-order chi connectivity index (χ1) is 12.7. The topological polar surface area (TPSA) is 60.3 Å². The molecule has 0 fully saturated rings. The summed E-state index contributed by atoms with van der Waals surface area (Å²) in [6.07, 6.45) is 2.05. The van der Waals surface area contributed by atoms with Crippen molar-refractivity contribution in [3.8, 4) is 17.2 Å². The number of ether oxygens (including phenoxy) is 3. The van der Waals surface area contributed by atoms with Gasteiger partial charge in [-0.3, -0.25) is 0 Å². The number of hydrogen-bond acceptors (Lipinski definition) is 4. The van der Waals surface area contributed by atoms with Crippen LogP contribution < -0.4 is 19.5 Å². The van der Waals surface area contributed by atoms with E-state index in [-0.39, 0.29) is 30.8 Å². The van der Waals surface area contributed by atoms with Gasteiger partial charge in [0.15, 0.2) is 17.5 Å². The molecule has 0 spiro atoms. The van der Waals surface area contributed by atoms with E-state index in [4.69, 9.17) is 14.2 Å². The van der Waals surface area contributed by atoms with Gasteiger partial charge < -0.3 is 29.0 Å². The fraction of sp³-hybridized carbons (Fsp3) is 0.421. The number of aryl methyl sites for hydroxylation is 1. The second-order valence-corrected chi connectivity index (χ2v) is 6.07. The SMILES string of the molecule is CCNC(=NCCOc1ccc2c(c1)OCO2)N(C)Cc1cccn1C.I. The second-order valence-electron chi connectivity index (χ2n) is 6.07. The van der Waals surface area contributed by atoms with Crippen molar-refractivity contribution in [2.24, 2.45) is 12.0 Å². The van der Waals surface area contributed by atoms with Crippen LogP contribution in [-0.2, 0) is 13.6 Å². The minimum absolute atomic E-state index is 0. The zero-order chi connectivity index (χ0) is 18.4. The number of benzene rings is 1. The van der Waals surface area contributed by atoms with Crippen molar-refractivity contribution in [1.29, 1.82) is 0 Å². The average Bonchev–Trinajstić information content (AvgIpc) is 3.26. The molecule has 0 saturated heterocycles. The monoisotopic (exact) mass is 486 g/mol. The number of aliphatic imine (C=N–C) groups is 1. The summed E-state index contributed by atoms with van der Waals surface area (Å²) in [5.41, 5.74) is 1.23. The third kappa shape index (κ3) is 5.69. The minimum Gasteiger partial charge on any atom is -0.492 e. The lowest BCUT2D eigenvalue weighted by atomic mass is 10.3. The van der Waals surface area contributed by atoms with Gasteiger partial charge in [0.05, 0.1) is 13.1 Å². The molecule has 1 aromatic carbocycles. The standard InChI is InChI=1S/C19H26N4O3.HI/c1-4-20-19(23(3)13-15-6-5-10-22(15)2)21-9-11-24-16-7-8-17-18(12-16)26-14-25-17;/h5-8,10,12H,4,9,11,13-14H2,1-3H3,(H,20,21);1H. The maximum Gasteiger partial charge on any atom is 0.231 e. The molecule has 1 N–H and O–H groups in total. The molecule has 0 aliphatic carbocycles. The summed E-state index contributed by atoms with van der Waals surface area (Å²) in [5, 5.41) is 3.32. The second kappa shape index (κ2) is 10.3. The van der Waals surface area contributed by atoms with E-state index in [1.807, 2.05) is 44.6 Å². The molecule has 0 saturated carbocycles. The van der Waals surface area contributed by atoms with Crippen molar-refractivity contribution in [1.82, 2.24) is 14.8 Å². The molecule has 0 amide bonds. The van der Waals surface area contributed by atoms with Crippen molar-refractivity contribution in [3.05, 3.63) is 42.2 Å². The molecule has 0 radical (unpaired) electrons. The Labute approximate surface area is 177 Å². The molecule has 7 nitrogen and oxygen atoms in total. The van der Waals surface area contributed by atoms with Crippen molar-refractivity contribution in [3.63, 3.8) is 0 Å². The summed E-state index contributed by atoms with van der Waals surface area (Å²) < 4.78 is 18.5. The lowest BCUT2D eigenvalue weighted by Crippen LogP contribution is -2.39. The summed E-state index contributed by atoms with van der Waals surface area (Å²) in [6, 6.07) is 9.75. The summed E-state index contributed by atoms with van der Waals surface area (Å²) in [6.45, 7) is 5.00. The first kappa shape index (κ1) is 21.2. The Morgan fingerprint density at radius 1 is 1.30 bits per heavy atom. The van der Waals surface area contributed by atoms with Gasteiger partial charge in [0, 0.05) is 38.6 Å². The van der Waals surface area contributed by atoms with Crippen LogP contribution in [0.1, 0.15) is 12.6 Å². The summed E-state index contributed by atoms with van der Waals surface area (Å²) in [4.78, 5) is 6.76. The third-order valence-electron chi connectivity index (χ3n) is 4.11. The van der Waals surface area contributed by atoms with E-state index in [2.05, 4.69) is 32.8 Å². The number of nitrogens with one attached hydrogen (secondary N) is 1. The normalized spacial score (nSPS) is 12.5. The lowest BCUT2D eigenvalue weighted by molar-refractivity contribution is 0.174. The van der Waals surface area contributed by atoms with Crippen molar-refractivity contribution >= 4 is 29.9 Å². The number of halogens is 1. The van der Waals surface area contributed by atoms with E-state index >= 15 is 0 Å². The molecule has 0 atom stereocenters. The highest BCUT2D eigenvalue weighted by Gasteiger charge is 2.13. The Morgan fingerprint density at radius 2 is 2.11 bits per heavy atom. The Morgan fingerprint density at radius 3 is 2.85 bits per heavy atom. The maximum atomic E-state index is 5.77. The number of hydrogen-bond donors (Lipinski definition) is 1. The molecule has 2 heterocycles. The van der Waals surface area contributed by atoms with Crippen LogP contribution in [0, 0.1) is 0 Å². The van der Waals surface area contributed by atoms with Crippen LogP contribution in [0.25, 0.3) is 0 Å². The number of nitrogens with zero attached hydrogens (tertiary/aromatic N) is 3. The summed E-state index contributed by atoms with van der Waals surface area (Å²) >= 11 is 0. The number of guanidine groups is 1. The number of rotatable bonds is 7. The Bertz CT molecular complexity index is 763. The zero-order valence-electron chi connectivity index (χ0n) is 16.0. The smallest absolute Gasteiger partial charge is 0.231 e. The van der Waals surface area contributed by atoms with E-state index in [1.165, 1.54) is 5.69 Å². The van der Waals surface area contributed by atoms with Crippen molar-refractivity contribution < 1.29 is 14.2 Å². The van der Waals surface area contributed by atoms with Crippen LogP contribution in [0.5, 0.6) is 17.2 Å². The van der Waals surface area contributed by atoms with E-state index in [0.29, 0.717) is 13.2 Å². The Hall–Kier alpha value is -2.10. The van der Waals surface area contributed by atoms with Gasteiger partial charge in [-0.2, -0.15) is 0 Å². The van der Waals surface area contributed by atoms with Gasteiger partial charge in [-0.25, -0.2) is 4.99 Å².